The van der Waals surface area contributed by atoms with E-state index in [0.717, 1.165) is 0 Å². The monoisotopic (exact) mass is 191 g/mol. The van der Waals surface area contributed by atoms with E-state index in [2.05, 4.69) is 10.2 Å². The van der Waals surface area contributed by atoms with E-state index in [9.17, 15) is 13.2 Å². The van der Waals surface area contributed by atoms with Crippen LogP contribution in [-0.2, 0) is 12.6 Å². The van der Waals surface area contributed by atoms with Crippen molar-refractivity contribution in [1.29, 1.82) is 0 Å². The molecule has 3 N–H and O–H groups in total. The summed E-state index contributed by atoms with van der Waals surface area (Å²) in [6, 6.07) is -0.523. The average Bonchev–Trinajstić information content (AvgIpc) is 2.51. The normalized spacial score (nSPS) is 22.0. The van der Waals surface area contributed by atoms with Gasteiger partial charge in [0.2, 0.25) is 0 Å². The number of aryl methyl sites for hydroxylation is 1. The number of halogens is 3. The van der Waals surface area contributed by atoms with Gasteiger partial charge in [0.25, 0.3) is 0 Å². The van der Waals surface area contributed by atoms with Gasteiger partial charge >= 0.3 is 6.18 Å². The van der Waals surface area contributed by atoms with Gasteiger partial charge < -0.3 is 5.73 Å². The maximum atomic E-state index is 12.3. The Labute approximate surface area is 72.1 Å². The first kappa shape index (κ1) is 8.55. The van der Waals surface area contributed by atoms with Crippen molar-refractivity contribution in [3.63, 3.8) is 0 Å². The van der Waals surface area contributed by atoms with E-state index in [0.29, 0.717) is 18.5 Å². The quantitative estimate of drug-likeness (QED) is 0.650. The molecule has 13 heavy (non-hydrogen) atoms. The molecule has 72 valence electrons. The first-order valence-corrected chi connectivity index (χ1v) is 3.90. The lowest BCUT2D eigenvalue weighted by molar-refractivity contribution is -0.141. The van der Waals surface area contributed by atoms with Crippen LogP contribution in [0.25, 0.3) is 0 Å². The maximum Gasteiger partial charge on any atom is 0.435 e. The minimum Gasteiger partial charge on any atom is -0.324 e. The third-order valence-corrected chi connectivity index (χ3v) is 2.23. The van der Waals surface area contributed by atoms with Crippen molar-refractivity contribution in [2.75, 3.05) is 0 Å². The van der Waals surface area contributed by atoms with Crippen molar-refractivity contribution in [2.45, 2.75) is 25.1 Å². The molecule has 0 bridgehead atoms. The van der Waals surface area contributed by atoms with Crippen LogP contribution in [-0.4, -0.2) is 10.2 Å². The van der Waals surface area contributed by atoms with Crippen LogP contribution in [0.15, 0.2) is 0 Å². The van der Waals surface area contributed by atoms with Crippen LogP contribution < -0.4 is 5.73 Å². The number of aromatic nitrogens is 2. The standard InChI is InChI=1S/C7H8F3N3/c8-7(9,10)6-5-3(11)1-2-4(5)12-13-6/h3H,1-2,11H2,(H,12,13). The molecule has 1 atom stereocenters. The second-order valence-electron chi connectivity index (χ2n) is 3.11. The summed E-state index contributed by atoms with van der Waals surface area (Å²) in [5, 5.41) is 5.60. The molecule has 3 nitrogen and oxygen atoms in total. The minimum absolute atomic E-state index is 0.146. The highest BCUT2D eigenvalue weighted by molar-refractivity contribution is 5.34. The molecule has 0 spiro atoms. The van der Waals surface area contributed by atoms with Gasteiger partial charge in [-0.15, -0.1) is 0 Å². The number of hydrogen-bond donors (Lipinski definition) is 2. The van der Waals surface area contributed by atoms with E-state index < -0.39 is 17.9 Å². The Balaban J connectivity index is 2.50. The lowest BCUT2D eigenvalue weighted by Crippen LogP contribution is -2.14. The zero-order valence-corrected chi connectivity index (χ0v) is 6.65. The summed E-state index contributed by atoms with van der Waals surface area (Å²) >= 11 is 0. The molecule has 0 aliphatic heterocycles. The maximum absolute atomic E-state index is 12.3. The van der Waals surface area contributed by atoms with E-state index in [4.69, 9.17) is 5.73 Å². The number of alkyl halides is 3. The fraction of sp³-hybridized carbons (Fsp3) is 0.571. The second kappa shape index (κ2) is 2.47. The fourth-order valence-electron chi connectivity index (χ4n) is 1.64. The van der Waals surface area contributed by atoms with Gasteiger partial charge in [-0.05, 0) is 12.8 Å². The molecule has 1 heterocycles. The predicted molar refractivity (Wildman–Crippen MR) is 38.8 cm³/mol. The molecular formula is C7H8F3N3. The van der Waals surface area contributed by atoms with Crippen LogP contribution in [0.4, 0.5) is 13.2 Å². The highest BCUT2D eigenvalue weighted by atomic mass is 19.4. The minimum atomic E-state index is -4.40. The van der Waals surface area contributed by atoms with Gasteiger partial charge in [0, 0.05) is 17.3 Å². The van der Waals surface area contributed by atoms with Crippen LogP contribution >= 0.6 is 0 Å². The first-order chi connectivity index (χ1) is 6.00. The number of nitrogens with one attached hydrogen (secondary N) is 1. The molecule has 1 aliphatic rings. The summed E-state index contributed by atoms with van der Waals surface area (Å²) in [5.41, 5.74) is 5.35. The molecule has 0 amide bonds. The van der Waals surface area contributed by atoms with Gasteiger partial charge in [0.05, 0.1) is 0 Å². The summed E-state index contributed by atoms with van der Waals surface area (Å²) < 4.78 is 36.9. The number of rotatable bonds is 0. The topological polar surface area (TPSA) is 54.7 Å². The predicted octanol–water partition coefficient (Wildman–Crippen LogP) is 1.37. The summed E-state index contributed by atoms with van der Waals surface area (Å²) in [6.45, 7) is 0. The Morgan fingerprint density at radius 1 is 1.46 bits per heavy atom. The molecule has 0 radical (unpaired) electrons. The van der Waals surface area contributed by atoms with Crippen LogP contribution in [0.1, 0.15) is 29.4 Å². The van der Waals surface area contributed by atoms with E-state index >= 15 is 0 Å². The molecule has 1 aromatic rings. The Bertz CT molecular complexity index is 328. The molecule has 6 heteroatoms. The largest absolute Gasteiger partial charge is 0.435 e. The Kier molecular flexibility index (Phi) is 1.63. The first-order valence-electron chi connectivity index (χ1n) is 3.90. The molecule has 0 saturated carbocycles. The Morgan fingerprint density at radius 3 is 2.77 bits per heavy atom. The molecule has 2 rings (SSSR count). The number of fused-ring (bicyclic) bond motifs is 1. The zero-order chi connectivity index (χ0) is 9.64. The third-order valence-electron chi connectivity index (χ3n) is 2.23. The molecule has 0 aromatic carbocycles. The summed E-state index contributed by atoms with van der Waals surface area (Å²) in [7, 11) is 0. The summed E-state index contributed by atoms with van der Waals surface area (Å²) in [5.74, 6) is 0. The number of nitrogens with zero attached hydrogens (tertiary/aromatic N) is 1. The molecule has 0 fully saturated rings. The lowest BCUT2D eigenvalue weighted by Gasteiger charge is -2.07. The van der Waals surface area contributed by atoms with E-state index in [1.807, 2.05) is 0 Å². The summed E-state index contributed by atoms with van der Waals surface area (Å²) in [6.07, 6.45) is -3.28. The smallest absolute Gasteiger partial charge is 0.324 e. The van der Waals surface area contributed by atoms with Crippen molar-refractivity contribution < 1.29 is 13.2 Å². The molecule has 0 saturated heterocycles. The van der Waals surface area contributed by atoms with Crippen molar-refractivity contribution in [3.05, 3.63) is 17.0 Å². The van der Waals surface area contributed by atoms with Crippen LogP contribution in [0, 0.1) is 0 Å². The fourth-order valence-corrected chi connectivity index (χ4v) is 1.64. The van der Waals surface area contributed by atoms with Gasteiger partial charge in [0.15, 0.2) is 5.69 Å². The SMILES string of the molecule is NC1CCc2[nH]nc(C(F)(F)F)c21. The van der Waals surface area contributed by atoms with E-state index in [1.54, 1.807) is 0 Å². The van der Waals surface area contributed by atoms with E-state index in [1.165, 1.54) is 0 Å². The number of aromatic amines is 1. The number of nitrogens with two attached hydrogens (primary N) is 1. The van der Waals surface area contributed by atoms with Gasteiger partial charge in [-0.2, -0.15) is 18.3 Å². The van der Waals surface area contributed by atoms with Crippen LogP contribution in [0.2, 0.25) is 0 Å². The van der Waals surface area contributed by atoms with Gasteiger partial charge in [-0.25, -0.2) is 0 Å². The van der Waals surface area contributed by atoms with Gasteiger partial charge in [0.1, 0.15) is 0 Å². The highest BCUT2D eigenvalue weighted by Crippen LogP contribution is 2.38. The van der Waals surface area contributed by atoms with Crippen LogP contribution in [0.5, 0.6) is 0 Å². The van der Waals surface area contributed by atoms with Gasteiger partial charge in [-0.1, -0.05) is 0 Å². The molecule has 1 aliphatic carbocycles. The average molecular weight is 191 g/mol. The Hall–Kier alpha value is -1.04. The highest BCUT2D eigenvalue weighted by Gasteiger charge is 2.41. The number of H-pyrrole nitrogens is 1. The zero-order valence-electron chi connectivity index (χ0n) is 6.65. The molecule has 1 unspecified atom stereocenters. The second-order valence-corrected chi connectivity index (χ2v) is 3.11. The van der Waals surface area contributed by atoms with E-state index in [-0.39, 0.29) is 5.56 Å². The Morgan fingerprint density at radius 2 is 2.15 bits per heavy atom. The lowest BCUT2D eigenvalue weighted by atomic mass is 10.1. The molecular weight excluding hydrogens is 183 g/mol. The third kappa shape index (κ3) is 1.21. The van der Waals surface area contributed by atoms with Crippen LogP contribution in [0.3, 0.4) is 0 Å². The van der Waals surface area contributed by atoms with Gasteiger partial charge in [-0.3, -0.25) is 5.10 Å². The van der Waals surface area contributed by atoms with Crippen molar-refractivity contribution in [2.24, 2.45) is 5.73 Å². The summed E-state index contributed by atoms with van der Waals surface area (Å²) in [4.78, 5) is 0. The van der Waals surface area contributed by atoms with Crippen molar-refractivity contribution >= 4 is 0 Å². The molecule has 1 aromatic heterocycles. The van der Waals surface area contributed by atoms with Crippen molar-refractivity contribution in [1.82, 2.24) is 10.2 Å². The van der Waals surface area contributed by atoms with Crippen molar-refractivity contribution in [3.8, 4) is 0 Å². The number of hydrogen-bond acceptors (Lipinski definition) is 2.